The molecule has 6 heteroatoms. The van der Waals surface area contributed by atoms with Gasteiger partial charge in [-0.1, -0.05) is 24.3 Å². The molecule has 2 aliphatic heterocycles. The fourth-order valence-corrected chi connectivity index (χ4v) is 3.89. The summed E-state index contributed by atoms with van der Waals surface area (Å²) < 4.78 is 10.9. The Morgan fingerprint density at radius 1 is 1.23 bits per heavy atom. The predicted octanol–water partition coefficient (Wildman–Crippen LogP) is 1.67. The highest BCUT2D eigenvalue weighted by molar-refractivity contribution is 6.04. The first-order valence-electron chi connectivity index (χ1n) is 8.74. The van der Waals surface area contributed by atoms with Gasteiger partial charge in [0.1, 0.15) is 12.2 Å². The minimum Gasteiger partial charge on any atom is -0.454 e. The standard InChI is InChI=1S/C20H24O6/c1-9(2)12-7-6-11-8-13(25-19(11)24)14(10(3)4)16(22)18-20(5,26-18)17(23)15(12)21/h8,12-15,18,21H,1,3,6-7H2,2,4-5H3. The molecular formula is C20H24O6. The molecule has 0 aromatic heterocycles. The maximum absolute atomic E-state index is 13.0. The number of Topliss-reactive ketones (excluding diaryl/α,β-unsaturated/α-hetero) is 2. The van der Waals surface area contributed by atoms with E-state index in [1.165, 1.54) is 6.92 Å². The minimum absolute atomic E-state index is 0.329. The van der Waals surface area contributed by atoms with Crippen LogP contribution in [0.2, 0.25) is 0 Å². The van der Waals surface area contributed by atoms with Crippen LogP contribution in [0.4, 0.5) is 0 Å². The second-order valence-corrected chi connectivity index (χ2v) is 7.69. The number of hydrogen-bond donors (Lipinski definition) is 1. The van der Waals surface area contributed by atoms with Crippen molar-refractivity contribution in [2.45, 2.75) is 57.5 Å². The van der Waals surface area contributed by atoms with E-state index in [2.05, 4.69) is 13.2 Å². The summed E-state index contributed by atoms with van der Waals surface area (Å²) in [6, 6.07) is 0. The van der Waals surface area contributed by atoms with E-state index < -0.39 is 47.5 Å². The monoisotopic (exact) mass is 360 g/mol. The van der Waals surface area contributed by atoms with E-state index in [-0.39, 0.29) is 5.78 Å². The smallest absolute Gasteiger partial charge is 0.334 e. The first-order valence-corrected chi connectivity index (χ1v) is 8.74. The van der Waals surface area contributed by atoms with Crippen molar-refractivity contribution in [3.63, 3.8) is 0 Å². The third kappa shape index (κ3) is 2.87. The van der Waals surface area contributed by atoms with E-state index in [1.807, 2.05) is 0 Å². The molecule has 1 aliphatic carbocycles. The number of epoxide rings is 1. The van der Waals surface area contributed by atoms with Gasteiger partial charge in [-0.05, 0) is 39.7 Å². The highest BCUT2D eigenvalue weighted by atomic mass is 16.6. The van der Waals surface area contributed by atoms with E-state index in [4.69, 9.17) is 9.47 Å². The van der Waals surface area contributed by atoms with Gasteiger partial charge in [0.2, 0.25) is 0 Å². The molecule has 6 unspecified atom stereocenters. The molecule has 0 aromatic rings. The summed E-state index contributed by atoms with van der Waals surface area (Å²) in [4.78, 5) is 38.0. The van der Waals surface area contributed by atoms with Crippen molar-refractivity contribution in [3.05, 3.63) is 36.0 Å². The maximum Gasteiger partial charge on any atom is 0.334 e. The molecule has 3 rings (SSSR count). The van der Waals surface area contributed by atoms with E-state index in [9.17, 15) is 19.5 Å². The third-order valence-corrected chi connectivity index (χ3v) is 5.60. The van der Waals surface area contributed by atoms with Crippen LogP contribution >= 0.6 is 0 Å². The van der Waals surface area contributed by atoms with Crippen LogP contribution in [0.15, 0.2) is 36.0 Å². The Hall–Kier alpha value is -2.05. The molecule has 2 bridgehead atoms. The van der Waals surface area contributed by atoms with Crippen molar-refractivity contribution in [3.8, 4) is 0 Å². The molecule has 0 radical (unpaired) electrons. The van der Waals surface area contributed by atoms with Gasteiger partial charge in [0.05, 0.1) is 5.92 Å². The van der Waals surface area contributed by atoms with Crippen LogP contribution < -0.4 is 0 Å². The molecule has 0 amide bonds. The van der Waals surface area contributed by atoms with Gasteiger partial charge in [-0.15, -0.1) is 0 Å². The molecule has 0 spiro atoms. The lowest BCUT2D eigenvalue weighted by atomic mass is 9.79. The number of hydrogen-bond acceptors (Lipinski definition) is 6. The molecular weight excluding hydrogens is 336 g/mol. The number of ether oxygens (including phenoxy) is 2. The zero-order valence-corrected chi connectivity index (χ0v) is 15.3. The van der Waals surface area contributed by atoms with Crippen LogP contribution in [0.5, 0.6) is 0 Å². The second kappa shape index (κ2) is 6.28. The topological polar surface area (TPSA) is 93.2 Å². The van der Waals surface area contributed by atoms with Gasteiger partial charge in [-0.2, -0.15) is 0 Å². The Morgan fingerprint density at radius 3 is 2.46 bits per heavy atom. The number of fused-ring (bicyclic) bond motifs is 2. The number of aliphatic hydroxyl groups is 1. The highest BCUT2D eigenvalue weighted by Crippen LogP contribution is 2.44. The van der Waals surface area contributed by atoms with Crippen LogP contribution in [0.25, 0.3) is 0 Å². The lowest BCUT2D eigenvalue weighted by Gasteiger charge is -2.24. The second-order valence-electron chi connectivity index (χ2n) is 7.69. The minimum atomic E-state index is -1.37. The first kappa shape index (κ1) is 18.7. The SMILES string of the molecule is C=C(C)C1CCC2=CC(OC2=O)C(C(=C)C)C(=O)C2OC2(C)C(=O)C1O. The zero-order chi connectivity index (χ0) is 19.4. The van der Waals surface area contributed by atoms with E-state index >= 15 is 0 Å². The van der Waals surface area contributed by atoms with Crippen molar-refractivity contribution < 1.29 is 29.0 Å². The van der Waals surface area contributed by atoms with Gasteiger partial charge in [-0.25, -0.2) is 4.79 Å². The van der Waals surface area contributed by atoms with Gasteiger partial charge in [-0.3, -0.25) is 9.59 Å². The number of rotatable bonds is 2. The van der Waals surface area contributed by atoms with Crippen molar-refractivity contribution in [2.75, 3.05) is 0 Å². The molecule has 6 atom stereocenters. The molecule has 6 nitrogen and oxygen atoms in total. The van der Waals surface area contributed by atoms with Gasteiger partial charge in [0.25, 0.3) is 0 Å². The average molecular weight is 360 g/mol. The summed E-state index contributed by atoms with van der Waals surface area (Å²) in [5, 5.41) is 10.6. The van der Waals surface area contributed by atoms with Crippen molar-refractivity contribution >= 4 is 17.5 Å². The zero-order valence-electron chi connectivity index (χ0n) is 15.3. The maximum atomic E-state index is 13.0. The molecule has 1 N–H and O–H groups in total. The number of esters is 1. The fraction of sp³-hybridized carbons (Fsp3) is 0.550. The Labute approximate surface area is 152 Å². The Bertz CT molecular complexity index is 747. The van der Waals surface area contributed by atoms with Gasteiger partial charge in [0, 0.05) is 11.5 Å². The van der Waals surface area contributed by atoms with E-state index in [0.29, 0.717) is 29.6 Å². The summed E-state index contributed by atoms with van der Waals surface area (Å²) in [5.74, 6) is -2.66. The third-order valence-electron chi connectivity index (χ3n) is 5.60. The quantitative estimate of drug-likeness (QED) is 0.457. The van der Waals surface area contributed by atoms with Crippen molar-refractivity contribution in [1.29, 1.82) is 0 Å². The summed E-state index contributed by atoms with van der Waals surface area (Å²) in [6.07, 6.45) is -0.694. The molecule has 1 fully saturated rings. The number of carbonyl (C=O) groups excluding carboxylic acids is 3. The number of ketones is 2. The normalized spacial score (nSPS) is 39.9. The van der Waals surface area contributed by atoms with Crippen LogP contribution in [0.1, 0.15) is 33.6 Å². The van der Waals surface area contributed by atoms with Crippen LogP contribution in [0, 0.1) is 11.8 Å². The summed E-state index contributed by atoms with van der Waals surface area (Å²) >= 11 is 0. The Morgan fingerprint density at radius 2 is 1.88 bits per heavy atom. The van der Waals surface area contributed by atoms with Crippen LogP contribution in [-0.2, 0) is 23.9 Å². The number of aliphatic hydroxyl groups excluding tert-OH is 1. The molecule has 3 aliphatic rings. The van der Waals surface area contributed by atoms with Crippen LogP contribution in [0.3, 0.4) is 0 Å². The average Bonchev–Trinajstić information content (AvgIpc) is 3.12. The molecule has 2 heterocycles. The molecule has 0 aromatic carbocycles. The number of carbonyl (C=O) groups is 3. The molecule has 140 valence electrons. The Balaban J connectivity index is 2.03. The first-order chi connectivity index (χ1) is 12.1. The van der Waals surface area contributed by atoms with Gasteiger partial charge < -0.3 is 14.6 Å². The highest BCUT2D eigenvalue weighted by Gasteiger charge is 2.65. The summed E-state index contributed by atoms with van der Waals surface area (Å²) in [5.41, 5.74) is 0.248. The van der Waals surface area contributed by atoms with E-state index in [1.54, 1.807) is 19.9 Å². The van der Waals surface area contributed by atoms with Gasteiger partial charge in [0.15, 0.2) is 23.3 Å². The van der Waals surface area contributed by atoms with Crippen LogP contribution in [-0.4, -0.2) is 46.6 Å². The lowest BCUT2D eigenvalue weighted by molar-refractivity contribution is -0.143. The molecule has 1 saturated heterocycles. The lowest BCUT2D eigenvalue weighted by Crippen LogP contribution is -2.42. The van der Waals surface area contributed by atoms with Crippen molar-refractivity contribution in [2.24, 2.45) is 11.8 Å². The van der Waals surface area contributed by atoms with E-state index in [0.717, 1.165) is 0 Å². The Kier molecular flexibility index (Phi) is 4.53. The summed E-state index contributed by atoms with van der Waals surface area (Å²) in [7, 11) is 0. The van der Waals surface area contributed by atoms with Gasteiger partial charge >= 0.3 is 5.97 Å². The summed E-state index contributed by atoms with van der Waals surface area (Å²) in [6.45, 7) is 12.6. The molecule has 0 saturated carbocycles. The predicted molar refractivity (Wildman–Crippen MR) is 93.1 cm³/mol. The fourth-order valence-electron chi connectivity index (χ4n) is 3.89. The van der Waals surface area contributed by atoms with Crippen molar-refractivity contribution in [1.82, 2.24) is 0 Å². The molecule has 26 heavy (non-hydrogen) atoms. The largest absolute Gasteiger partial charge is 0.454 e.